The molecule has 34 heavy (non-hydrogen) atoms. The van der Waals surface area contributed by atoms with Crippen LogP contribution < -0.4 is 11.4 Å². The second kappa shape index (κ2) is 9.03. The Morgan fingerprint density at radius 2 is 1.65 bits per heavy atom. The molecule has 0 saturated carbocycles. The van der Waals surface area contributed by atoms with Crippen LogP contribution in [0.4, 0.5) is 5.82 Å². The largest absolute Gasteiger partial charge is 0.492 e. The lowest BCUT2D eigenvalue weighted by atomic mass is 10.1. The van der Waals surface area contributed by atoms with Gasteiger partial charge in [0.05, 0.1) is 6.61 Å². The van der Waals surface area contributed by atoms with E-state index in [9.17, 15) is 38.5 Å². The maximum absolute atomic E-state index is 12.4. The Bertz CT molecular complexity index is 1260. The number of rotatable bonds is 5. The lowest BCUT2D eigenvalue weighted by Crippen LogP contribution is -2.36. The van der Waals surface area contributed by atoms with Crippen LogP contribution in [0, 0.1) is 0 Å². The van der Waals surface area contributed by atoms with Gasteiger partial charge >= 0.3 is 29.2 Å². The summed E-state index contributed by atoms with van der Waals surface area (Å²) in [6.45, 7) is -0.922. The first-order valence-corrected chi connectivity index (χ1v) is 13.7. The zero-order valence-electron chi connectivity index (χ0n) is 16.8. The molecule has 3 heterocycles. The normalized spacial score (nSPS) is 38.1. The van der Waals surface area contributed by atoms with E-state index in [4.69, 9.17) is 15.0 Å². The first-order valence-electron chi connectivity index (χ1n) is 9.29. The van der Waals surface area contributed by atoms with Crippen LogP contribution in [0.15, 0.2) is 41.3 Å². The van der Waals surface area contributed by atoms with Crippen LogP contribution in [0.2, 0.25) is 0 Å². The number of aromatic nitrogens is 2. The van der Waals surface area contributed by atoms with Crippen LogP contribution in [-0.4, -0.2) is 54.5 Å². The van der Waals surface area contributed by atoms with Gasteiger partial charge in [-0.15, -0.1) is 0 Å². The molecule has 2 aliphatic rings. The van der Waals surface area contributed by atoms with Gasteiger partial charge in [-0.3, -0.25) is 9.09 Å². The van der Waals surface area contributed by atoms with Crippen LogP contribution in [0.25, 0.3) is 11.1 Å². The van der Waals surface area contributed by atoms with Crippen molar-refractivity contribution in [1.82, 2.24) is 9.55 Å². The maximum atomic E-state index is 12.4. The van der Waals surface area contributed by atoms with Crippen LogP contribution in [0.5, 0.6) is 0 Å². The minimum Gasteiger partial charge on any atom is -0.387 e. The van der Waals surface area contributed by atoms with Crippen LogP contribution >= 0.6 is 23.5 Å². The van der Waals surface area contributed by atoms with Crippen molar-refractivity contribution in [1.29, 1.82) is 0 Å². The number of nitrogens with two attached hydrogens (primary N) is 1. The number of phosphoric acid groups is 3. The van der Waals surface area contributed by atoms with Gasteiger partial charge in [0.1, 0.15) is 24.1 Å². The average molecular weight is 541 g/mol. The quantitative estimate of drug-likeness (QED) is 0.324. The fraction of sp³-hybridized carbons (Fsp3) is 0.333. The Kier molecular flexibility index (Phi) is 6.72. The van der Waals surface area contributed by atoms with Crippen molar-refractivity contribution in [2.75, 3.05) is 12.3 Å². The van der Waals surface area contributed by atoms with E-state index in [1.807, 2.05) is 0 Å². The van der Waals surface area contributed by atoms with Gasteiger partial charge in [-0.2, -0.15) is 17.9 Å². The first-order chi connectivity index (χ1) is 15.8. The molecule has 6 N–H and O–H groups in total. The number of hydrogen-bond acceptors (Lipinski definition) is 13. The summed E-state index contributed by atoms with van der Waals surface area (Å²) in [5.74, 6) is -0.0888. The van der Waals surface area contributed by atoms with E-state index in [1.54, 1.807) is 30.3 Å². The summed E-state index contributed by atoms with van der Waals surface area (Å²) < 4.78 is 58.4. The van der Waals surface area contributed by atoms with Gasteiger partial charge in [0.25, 0.3) is 0 Å². The maximum Gasteiger partial charge on any atom is 0.492 e. The zero-order valence-corrected chi connectivity index (χ0v) is 19.4. The molecule has 2 aliphatic heterocycles. The number of nitrogens with zero attached hydrogens (tertiary/aromatic N) is 2. The molecule has 6 atom stereocenters. The number of aliphatic hydroxyl groups is 2. The highest BCUT2D eigenvalue weighted by molar-refractivity contribution is 7.74. The van der Waals surface area contributed by atoms with Gasteiger partial charge in [-0.25, -0.2) is 18.5 Å². The van der Waals surface area contributed by atoms with Crippen LogP contribution in [-0.2, 0) is 35.9 Å². The SMILES string of the molecule is Nc1nc(=O)n([C@@H]2O[C@H](COP3(=O)OP(=O)(O)OP(=O)(O)O3)C(O)C2O)cc1-c1ccccc1. The molecule has 4 rings (SSSR count). The third-order valence-corrected chi connectivity index (χ3v) is 10.1. The molecule has 2 aromatic rings. The van der Waals surface area contributed by atoms with Crippen molar-refractivity contribution in [2.45, 2.75) is 24.5 Å². The van der Waals surface area contributed by atoms with Gasteiger partial charge in [0.2, 0.25) is 0 Å². The lowest BCUT2D eigenvalue weighted by molar-refractivity contribution is -0.0544. The standard InChI is InChI=1S/C15H18N3O13P3/c16-13-9(8-4-2-1-3-5-8)6-18(15(21)17-13)14-12(20)11(19)10(28-14)7-27-34(26)30-32(22,23)29-33(24,25)31-34/h1-6,10-12,14,19-20H,7H2,(H,22,23)(H,24,25)(H2,16,17,21)/t10-,11?,12?,14-/m1/s1. The van der Waals surface area contributed by atoms with Crippen LogP contribution in [0.1, 0.15) is 6.23 Å². The molecule has 16 nitrogen and oxygen atoms in total. The third kappa shape index (κ3) is 5.24. The Morgan fingerprint density at radius 1 is 1.03 bits per heavy atom. The summed E-state index contributed by atoms with van der Waals surface area (Å²) in [4.78, 5) is 34.7. The predicted molar refractivity (Wildman–Crippen MR) is 111 cm³/mol. The van der Waals surface area contributed by atoms with Crippen molar-refractivity contribution in [2.24, 2.45) is 0 Å². The fourth-order valence-electron chi connectivity index (χ4n) is 3.24. The summed E-state index contributed by atoms with van der Waals surface area (Å²) in [7, 11) is -15.7. The summed E-state index contributed by atoms with van der Waals surface area (Å²) in [5.41, 5.74) is 5.86. The number of nitrogen functional groups attached to an aromatic ring is 1. The predicted octanol–water partition coefficient (Wildman–Crippen LogP) is 0.501. The zero-order chi connectivity index (χ0) is 24.9. The minimum absolute atomic E-state index is 0.0888. The molecule has 1 aromatic carbocycles. The molecular formula is C15H18N3O13P3. The minimum atomic E-state index is -5.27. The van der Waals surface area contributed by atoms with E-state index >= 15 is 0 Å². The summed E-state index contributed by atoms with van der Waals surface area (Å²) in [6, 6.07) is 8.61. The Labute approximate surface area is 190 Å². The molecule has 0 radical (unpaired) electrons. The van der Waals surface area contributed by atoms with E-state index in [2.05, 4.69) is 17.9 Å². The summed E-state index contributed by atoms with van der Waals surface area (Å²) in [6.07, 6.45) is -5.19. The first kappa shape index (κ1) is 25.3. The van der Waals surface area contributed by atoms with E-state index in [0.717, 1.165) is 4.57 Å². The molecule has 0 bridgehead atoms. The topological polar surface area (TPSA) is 239 Å². The fourth-order valence-corrected chi connectivity index (χ4v) is 8.17. The molecule has 0 spiro atoms. The molecule has 1 aromatic heterocycles. The molecule has 2 saturated heterocycles. The Balaban J connectivity index is 1.55. The molecule has 19 heteroatoms. The van der Waals surface area contributed by atoms with Crippen molar-refractivity contribution < 1.29 is 55.9 Å². The van der Waals surface area contributed by atoms with Crippen molar-refractivity contribution in [3.05, 3.63) is 47.0 Å². The number of hydrogen-bond donors (Lipinski definition) is 5. The summed E-state index contributed by atoms with van der Waals surface area (Å²) in [5, 5.41) is 20.8. The Hall–Kier alpha value is -1.77. The summed E-state index contributed by atoms with van der Waals surface area (Å²) >= 11 is 0. The van der Waals surface area contributed by atoms with Gasteiger partial charge in [0.15, 0.2) is 6.23 Å². The van der Waals surface area contributed by atoms with Gasteiger partial charge in [0, 0.05) is 11.8 Å². The third-order valence-electron chi connectivity index (χ3n) is 4.69. The number of anilines is 1. The van der Waals surface area contributed by atoms with E-state index in [1.165, 1.54) is 6.20 Å². The molecule has 0 amide bonds. The number of aliphatic hydroxyl groups excluding tert-OH is 2. The average Bonchev–Trinajstić information content (AvgIpc) is 2.99. The second-order valence-corrected chi connectivity index (χ2v) is 12.1. The molecular weight excluding hydrogens is 523 g/mol. The monoisotopic (exact) mass is 541 g/mol. The number of ether oxygens (including phenoxy) is 1. The smallest absolute Gasteiger partial charge is 0.387 e. The van der Waals surface area contributed by atoms with Gasteiger partial charge in [-0.05, 0) is 5.56 Å². The van der Waals surface area contributed by atoms with E-state index in [-0.39, 0.29) is 5.82 Å². The lowest BCUT2D eigenvalue weighted by Gasteiger charge is -2.27. The Morgan fingerprint density at radius 3 is 2.26 bits per heavy atom. The van der Waals surface area contributed by atoms with Crippen molar-refractivity contribution in [3.8, 4) is 11.1 Å². The van der Waals surface area contributed by atoms with Gasteiger partial charge < -0.3 is 30.5 Å². The molecule has 0 aliphatic carbocycles. The molecule has 2 fully saturated rings. The number of benzene rings is 1. The van der Waals surface area contributed by atoms with Crippen molar-refractivity contribution >= 4 is 29.3 Å². The van der Waals surface area contributed by atoms with E-state index in [0.29, 0.717) is 11.1 Å². The van der Waals surface area contributed by atoms with Gasteiger partial charge in [-0.1, -0.05) is 30.3 Å². The highest BCUT2D eigenvalue weighted by Gasteiger charge is 2.55. The highest BCUT2D eigenvalue weighted by Crippen LogP contribution is 2.80. The van der Waals surface area contributed by atoms with E-state index < -0.39 is 60.3 Å². The second-order valence-electron chi connectivity index (χ2n) is 7.07. The highest BCUT2D eigenvalue weighted by atomic mass is 31.3. The molecule has 186 valence electrons. The van der Waals surface area contributed by atoms with Crippen LogP contribution in [0.3, 0.4) is 0 Å². The van der Waals surface area contributed by atoms with Crippen molar-refractivity contribution in [3.63, 3.8) is 0 Å². The molecule has 4 unspecified atom stereocenters.